The van der Waals surface area contributed by atoms with Gasteiger partial charge in [0.1, 0.15) is 0 Å². The molecule has 0 aliphatic rings. The third kappa shape index (κ3) is 4.57. The molecule has 3 heteroatoms. The van der Waals surface area contributed by atoms with E-state index in [-0.39, 0.29) is 6.04 Å². The number of hydrogen-bond donors (Lipinski definition) is 1. The van der Waals surface area contributed by atoms with Crippen molar-refractivity contribution in [2.75, 3.05) is 5.75 Å². The zero-order valence-corrected chi connectivity index (χ0v) is 12.5. The normalized spacial score (nSPS) is 12.4. The van der Waals surface area contributed by atoms with Gasteiger partial charge in [-0.2, -0.15) is 0 Å². The van der Waals surface area contributed by atoms with Crippen LogP contribution in [0.1, 0.15) is 11.1 Å². The first-order valence-electron chi connectivity index (χ1n) is 6.33. The summed E-state index contributed by atoms with van der Waals surface area (Å²) in [6.45, 7) is 2.09. The summed E-state index contributed by atoms with van der Waals surface area (Å²) < 4.78 is 0. The fourth-order valence-corrected chi connectivity index (χ4v) is 3.04. The second-order valence-corrected chi connectivity index (χ2v) is 6.16. The minimum Gasteiger partial charge on any atom is -0.327 e. The van der Waals surface area contributed by atoms with Gasteiger partial charge in [-0.3, -0.25) is 0 Å². The molecule has 0 aliphatic carbocycles. The van der Waals surface area contributed by atoms with Gasteiger partial charge in [0.25, 0.3) is 0 Å². The first-order valence-corrected chi connectivity index (χ1v) is 7.70. The molecule has 0 radical (unpaired) electrons. The first kappa shape index (κ1) is 14.4. The van der Waals surface area contributed by atoms with E-state index < -0.39 is 0 Å². The molecule has 0 saturated carbocycles. The minimum atomic E-state index is 0.143. The summed E-state index contributed by atoms with van der Waals surface area (Å²) in [4.78, 5) is 1.10. The van der Waals surface area contributed by atoms with Crippen LogP contribution < -0.4 is 5.73 Å². The molecule has 0 spiro atoms. The Balaban J connectivity index is 1.86. The summed E-state index contributed by atoms with van der Waals surface area (Å²) in [5.74, 6) is 0.873. The van der Waals surface area contributed by atoms with Crippen molar-refractivity contribution in [3.05, 3.63) is 64.7 Å². The van der Waals surface area contributed by atoms with Gasteiger partial charge in [0.15, 0.2) is 0 Å². The van der Waals surface area contributed by atoms with Crippen molar-refractivity contribution in [2.45, 2.75) is 24.3 Å². The van der Waals surface area contributed by atoms with Crippen LogP contribution >= 0.6 is 23.4 Å². The number of hydrogen-bond acceptors (Lipinski definition) is 2. The van der Waals surface area contributed by atoms with E-state index in [9.17, 15) is 0 Å². The third-order valence-electron chi connectivity index (χ3n) is 2.91. The van der Waals surface area contributed by atoms with Crippen LogP contribution in [0.2, 0.25) is 5.02 Å². The first-order chi connectivity index (χ1) is 9.15. The molecule has 2 rings (SSSR count). The Morgan fingerprint density at radius 2 is 1.79 bits per heavy atom. The largest absolute Gasteiger partial charge is 0.327 e. The van der Waals surface area contributed by atoms with Crippen LogP contribution in [0.4, 0.5) is 0 Å². The summed E-state index contributed by atoms with van der Waals surface area (Å²) in [6.07, 6.45) is 0.901. The van der Waals surface area contributed by atoms with E-state index in [4.69, 9.17) is 17.3 Å². The predicted octanol–water partition coefficient (Wildman–Crippen LogP) is 4.31. The molecule has 1 nitrogen and oxygen atoms in total. The lowest BCUT2D eigenvalue weighted by molar-refractivity contribution is 0.748. The van der Waals surface area contributed by atoms with Gasteiger partial charge in [-0.25, -0.2) is 0 Å². The molecule has 0 saturated heterocycles. The molecule has 19 heavy (non-hydrogen) atoms. The van der Waals surface area contributed by atoms with Crippen LogP contribution in [0.5, 0.6) is 0 Å². The second kappa shape index (κ2) is 6.99. The molecule has 2 aromatic carbocycles. The van der Waals surface area contributed by atoms with Gasteiger partial charge >= 0.3 is 0 Å². The minimum absolute atomic E-state index is 0.143. The number of nitrogens with two attached hydrogens (primary N) is 1. The SMILES string of the molecule is Cc1ccc(CC(N)CSc2ccccc2Cl)cc1. The van der Waals surface area contributed by atoms with E-state index in [2.05, 4.69) is 31.2 Å². The predicted molar refractivity (Wildman–Crippen MR) is 85.0 cm³/mol. The molecule has 100 valence electrons. The molecule has 1 atom stereocenters. The molecule has 0 aliphatic heterocycles. The van der Waals surface area contributed by atoms with Crippen molar-refractivity contribution in [3.63, 3.8) is 0 Å². The molecule has 0 heterocycles. The topological polar surface area (TPSA) is 26.0 Å². The van der Waals surface area contributed by atoms with Crippen molar-refractivity contribution < 1.29 is 0 Å². The summed E-state index contributed by atoms with van der Waals surface area (Å²) >= 11 is 7.84. The van der Waals surface area contributed by atoms with Crippen molar-refractivity contribution in [3.8, 4) is 0 Å². The average molecular weight is 292 g/mol. The summed E-state index contributed by atoms with van der Waals surface area (Å²) in [5, 5.41) is 0.801. The highest BCUT2D eigenvalue weighted by atomic mass is 35.5. The summed E-state index contributed by atoms with van der Waals surface area (Å²) in [7, 11) is 0. The fraction of sp³-hybridized carbons (Fsp3) is 0.250. The smallest absolute Gasteiger partial charge is 0.0541 e. The second-order valence-electron chi connectivity index (χ2n) is 4.69. The lowest BCUT2D eigenvalue weighted by Crippen LogP contribution is -2.25. The van der Waals surface area contributed by atoms with Gasteiger partial charge in [0.2, 0.25) is 0 Å². The Morgan fingerprint density at radius 1 is 1.11 bits per heavy atom. The van der Waals surface area contributed by atoms with Crippen LogP contribution in [0, 0.1) is 6.92 Å². The van der Waals surface area contributed by atoms with Crippen molar-refractivity contribution in [2.24, 2.45) is 5.73 Å². The van der Waals surface area contributed by atoms with Crippen molar-refractivity contribution in [1.29, 1.82) is 0 Å². The number of rotatable bonds is 5. The summed E-state index contributed by atoms with van der Waals surface area (Å²) in [5.41, 5.74) is 8.75. The van der Waals surface area contributed by atoms with Gasteiger partial charge in [-0.15, -0.1) is 11.8 Å². The van der Waals surface area contributed by atoms with E-state index in [1.54, 1.807) is 11.8 Å². The third-order valence-corrected chi connectivity index (χ3v) is 4.61. The van der Waals surface area contributed by atoms with Crippen LogP contribution in [0.25, 0.3) is 0 Å². The molecule has 0 bridgehead atoms. The Hall–Kier alpha value is -0.960. The number of halogens is 1. The number of benzene rings is 2. The van der Waals surface area contributed by atoms with Crippen LogP contribution in [-0.2, 0) is 6.42 Å². The van der Waals surface area contributed by atoms with Crippen LogP contribution in [0.3, 0.4) is 0 Å². The van der Waals surface area contributed by atoms with Gasteiger partial charge in [-0.1, -0.05) is 53.6 Å². The molecule has 1 unspecified atom stereocenters. The molecule has 2 N–H and O–H groups in total. The molecule has 0 amide bonds. The van der Waals surface area contributed by atoms with E-state index in [0.717, 1.165) is 22.1 Å². The van der Waals surface area contributed by atoms with Crippen molar-refractivity contribution in [1.82, 2.24) is 0 Å². The fourth-order valence-electron chi connectivity index (χ4n) is 1.84. The molecule has 0 aromatic heterocycles. The lowest BCUT2D eigenvalue weighted by atomic mass is 10.1. The number of thioether (sulfide) groups is 1. The maximum atomic E-state index is 6.18. The van der Waals surface area contributed by atoms with Gasteiger partial charge in [0.05, 0.1) is 5.02 Å². The highest BCUT2D eigenvalue weighted by molar-refractivity contribution is 7.99. The average Bonchev–Trinajstić information content (AvgIpc) is 2.40. The van der Waals surface area contributed by atoms with E-state index in [1.807, 2.05) is 24.3 Å². The standard InChI is InChI=1S/C16H18ClNS/c1-12-6-8-13(9-7-12)10-14(18)11-19-16-5-3-2-4-15(16)17/h2-9,14H,10-11,18H2,1H3. The Kier molecular flexibility index (Phi) is 5.32. The highest BCUT2D eigenvalue weighted by Gasteiger charge is 2.07. The maximum absolute atomic E-state index is 6.18. The Bertz CT molecular complexity index is 525. The zero-order valence-electron chi connectivity index (χ0n) is 11.0. The molecule has 2 aromatic rings. The highest BCUT2D eigenvalue weighted by Crippen LogP contribution is 2.27. The monoisotopic (exact) mass is 291 g/mol. The Morgan fingerprint density at radius 3 is 2.47 bits per heavy atom. The van der Waals surface area contributed by atoms with Gasteiger partial charge < -0.3 is 5.73 Å². The van der Waals surface area contributed by atoms with Gasteiger partial charge in [-0.05, 0) is 31.0 Å². The van der Waals surface area contributed by atoms with Crippen molar-refractivity contribution >= 4 is 23.4 Å². The summed E-state index contributed by atoms with van der Waals surface area (Å²) in [6, 6.07) is 16.6. The molecule has 0 fully saturated rings. The van der Waals surface area contributed by atoms with E-state index >= 15 is 0 Å². The Labute approximate surface area is 124 Å². The maximum Gasteiger partial charge on any atom is 0.0541 e. The lowest BCUT2D eigenvalue weighted by Gasteiger charge is -2.12. The van der Waals surface area contributed by atoms with E-state index in [0.29, 0.717) is 0 Å². The quantitative estimate of drug-likeness (QED) is 0.831. The number of aryl methyl sites for hydroxylation is 1. The van der Waals surface area contributed by atoms with Gasteiger partial charge in [0, 0.05) is 16.7 Å². The van der Waals surface area contributed by atoms with E-state index in [1.165, 1.54) is 11.1 Å². The van der Waals surface area contributed by atoms with Crippen LogP contribution in [0.15, 0.2) is 53.4 Å². The van der Waals surface area contributed by atoms with Crippen LogP contribution in [-0.4, -0.2) is 11.8 Å². The molecular weight excluding hydrogens is 274 g/mol. The molecular formula is C16H18ClNS. The zero-order chi connectivity index (χ0) is 13.7.